The lowest BCUT2D eigenvalue weighted by Crippen LogP contribution is -2.37. The maximum atomic E-state index is 14.8. The molecular formula is C30H32FNO4. The molecule has 0 aliphatic carbocycles. The number of hydrogen-bond donors (Lipinski definition) is 1. The van der Waals surface area contributed by atoms with Crippen molar-refractivity contribution in [1.82, 2.24) is 4.90 Å². The van der Waals surface area contributed by atoms with Crippen LogP contribution < -0.4 is 4.74 Å². The third kappa shape index (κ3) is 5.76. The van der Waals surface area contributed by atoms with Crippen LogP contribution in [0.3, 0.4) is 0 Å². The van der Waals surface area contributed by atoms with Gasteiger partial charge in [-0.1, -0.05) is 55.5 Å². The molecule has 0 fully saturated rings. The van der Waals surface area contributed by atoms with Crippen molar-refractivity contribution in [3.8, 4) is 16.9 Å². The molecule has 1 aliphatic rings. The number of rotatable bonds is 8. The van der Waals surface area contributed by atoms with Crippen molar-refractivity contribution >= 4 is 11.9 Å². The van der Waals surface area contributed by atoms with Gasteiger partial charge in [0.2, 0.25) is 5.91 Å². The van der Waals surface area contributed by atoms with Gasteiger partial charge in [-0.3, -0.25) is 9.59 Å². The lowest BCUT2D eigenvalue weighted by molar-refractivity contribution is -0.136. The average molecular weight is 490 g/mol. The van der Waals surface area contributed by atoms with Crippen molar-refractivity contribution in [2.45, 2.75) is 58.6 Å². The summed E-state index contributed by atoms with van der Waals surface area (Å²) in [5.41, 5.74) is 4.72. The molecule has 1 heterocycles. The number of amides is 1. The second-order valence-corrected chi connectivity index (χ2v) is 9.70. The van der Waals surface area contributed by atoms with Gasteiger partial charge < -0.3 is 14.7 Å². The first-order chi connectivity index (χ1) is 17.2. The van der Waals surface area contributed by atoms with E-state index in [2.05, 4.69) is 0 Å². The molecule has 3 aromatic carbocycles. The van der Waals surface area contributed by atoms with Crippen LogP contribution in [-0.4, -0.2) is 34.5 Å². The Bertz CT molecular complexity index is 1260. The lowest BCUT2D eigenvalue weighted by atomic mass is 9.89. The monoisotopic (exact) mass is 489 g/mol. The van der Waals surface area contributed by atoms with Crippen molar-refractivity contribution in [1.29, 1.82) is 0 Å². The molecule has 5 nitrogen and oxygen atoms in total. The van der Waals surface area contributed by atoms with Crippen LogP contribution in [0.15, 0.2) is 60.7 Å². The number of hydrogen-bond acceptors (Lipinski definition) is 3. The number of aliphatic carboxylic acids is 1. The smallest absolute Gasteiger partial charge is 0.307 e. The van der Waals surface area contributed by atoms with Crippen LogP contribution in [0, 0.1) is 5.82 Å². The van der Waals surface area contributed by atoms with E-state index < -0.39 is 5.97 Å². The number of carbonyl (C=O) groups excluding carboxylic acids is 1. The topological polar surface area (TPSA) is 66.8 Å². The fourth-order valence-electron chi connectivity index (χ4n) is 4.81. The lowest BCUT2D eigenvalue weighted by Gasteiger charge is -2.32. The molecule has 36 heavy (non-hydrogen) atoms. The summed E-state index contributed by atoms with van der Waals surface area (Å²) in [7, 11) is 0. The van der Waals surface area contributed by atoms with Gasteiger partial charge in [-0.05, 0) is 66.1 Å². The summed E-state index contributed by atoms with van der Waals surface area (Å²) in [4.78, 5) is 26.3. The molecule has 1 unspecified atom stereocenters. The zero-order chi connectivity index (χ0) is 25.8. The Morgan fingerprint density at radius 1 is 1.00 bits per heavy atom. The van der Waals surface area contributed by atoms with Gasteiger partial charge in [0.15, 0.2) is 0 Å². The van der Waals surface area contributed by atoms with E-state index in [4.69, 9.17) is 4.74 Å². The highest BCUT2D eigenvalue weighted by atomic mass is 19.1. The number of carboxylic acids is 1. The van der Waals surface area contributed by atoms with Gasteiger partial charge in [0.25, 0.3) is 0 Å². The van der Waals surface area contributed by atoms with E-state index >= 15 is 0 Å². The first-order valence-electron chi connectivity index (χ1n) is 12.4. The standard InChI is InChI=1S/C30H32FNO4/c1-19(2)36-28-16-21(17-30(34)35)9-10-25(28)23-11-12-27(31)24-13-14-32(18-26(23)24)29(33)15-20(3)22-7-5-4-6-8-22/h4-12,16,19-20H,13-15,17-18H2,1-3H3,(H,34,35). The van der Waals surface area contributed by atoms with Crippen LogP contribution in [0.25, 0.3) is 11.1 Å². The second kappa shape index (κ2) is 10.9. The van der Waals surface area contributed by atoms with Gasteiger partial charge in [0, 0.05) is 25.1 Å². The van der Waals surface area contributed by atoms with Gasteiger partial charge in [-0.25, -0.2) is 4.39 Å². The van der Waals surface area contributed by atoms with Crippen molar-refractivity contribution in [2.24, 2.45) is 0 Å². The number of fused-ring (bicyclic) bond motifs is 1. The number of benzene rings is 3. The molecule has 6 heteroatoms. The summed E-state index contributed by atoms with van der Waals surface area (Å²) < 4.78 is 20.9. The highest BCUT2D eigenvalue weighted by Gasteiger charge is 2.27. The van der Waals surface area contributed by atoms with Crippen LogP contribution >= 0.6 is 0 Å². The maximum Gasteiger partial charge on any atom is 0.307 e. The van der Waals surface area contributed by atoms with E-state index in [0.29, 0.717) is 42.8 Å². The largest absolute Gasteiger partial charge is 0.490 e. The van der Waals surface area contributed by atoms with Crippen LogP contribution in [-0.2, 0) is 29.0 Å². The molecule has 0 aromatic heterocycles. The fourth-order valence-corrected chi connectivity index (χ4v) is 4.81. The Balaban J connectivity index is 1.66. The van der Waals surface area contributed by atoms with E-state index in [1.54, 1.807) is 18.2 Å². The summed E-state index contributed by atoms with van der Waals surface area (Å²) in [5.74, 6) is -0.509. The summed E-state index contributed by atoms with van der Waals surface area (Å²) in [6, 6.07) is 18.5. The van der Waals surface area contributed by atoms with E-state index in [1.807, 2.05) is 62.1 Å². The fraction of sp³-hybridized carbons (Fsp3) is 0.333. The van der Waals surface area contributed by atoms with E-state index in [0.717, 1.165) is 22.3 Å². The number of nitrogens with zero attached hydrogens (tertiary/aromatic N) is 1. The molecule has 1 N–H and O–H groups in total. The minimum atomic E-state index is -0.920. The quantitative estimate of drug-likeness (QED) is 0.422. The molecule has 0 bridgehead atoms. The minimum absolute atomic E-state index is 0.0441. The van der Waals surface area contributed by atoms with Crippen LogP contribution in [0.4, 0.5) is 4.39 Å². The number of carbonyl (C=O) groups is 2. The van der Waals surface area contributed by atoms with Gasteiger partial charge in [0.1, 0.15) is 11.6 Å². The first-order valence-corrected chi connectivity index (χ1v) is 12.4. The highest BCUT2D eigenvalue weighted by molar-refractivity contribution is 5.80. The number of ether oxygens (including phenoxy) is 1. The first kappa shape index (κ1) is 25.4. The zero-order valence-electron chi connectivity index (χ0n) is 21.0. The van der Waals surface area contributed by atoms with Gasteiger partial charge in [-0.2, -0.15) is 0 Å². The normalized spacial score (nSPS) is 13.9. The second-order valence-electron chi connectivity index (χ2n) is 9.70. The zero-order valence-corrected chi connectivity index (χ0v) is 21.0. The maximum absolute atomic E-state index is 14.8. The predicted molar refractivity (Wildman–Crippen MR) is 138 cm³/mol. The predicted octanol–water partition coefficient (Wildman–Crippen LogP) is 5.99. The third-order valence-electron chi connectivity index (χ3n) is 6.61. The van der Waals surface area contributed by atoms with Gasteiger partial charge in [0.05, 0.1) is 12.5 Å². The van der Waals surface area contributed by atoms with E-state index in [1.165, 1.54) is 6.07 Å². The van der Waals surface area contributed by atoms with Crippen LogP contribution in [0.1, 0.15) is 55.4 Å². The van der Waals surface area contributed by atoms with Crippen molar-refractivity contribution in [3.63, 3.8) is 0 Å². The summed E-state index contributed by atoms with van der Waals surface area (Å²) in [5, 5.41) is 9.21. The third-order valence-corrected chi connectivity index (χ3v) is 6.61. The Morgan fingerprint density at radius 3 is 2.42 bits per heavy atom. The molecule has 4 rings (SSSR count). The average Bonchev–Trinajstić information content (AvgIpc) is 2.84. The molecule has 0 saturated heterocycles. The summed E-state index contributed by atoms with van der Waals surface area (Å²) in [6.07, 6.45) is 0.587. The summed E-state index contributed by atoms with van der Waals surface area (Å²) in [6.45, 7) is 6.65. The Labute approximate surface area is 211 Å². The molecule has 3 aromatic rings. The van der Waals surface area contributed by atoms with Crippen molar-refractivity contribution in [3.05, 3.63) is 88.7 Å². The van der Waals surface area contributed by atoms with E-state index in [9.17, 15) is 19.1 Å². The van der Waals surface area contributed by atoms with Crippen molar-refractivity contribution in [2.75, 3.05) is 6.54 Å². The SMILES string of the molecule is CC(C)Oc1cc(CC(=O)O)ccc1-c1ccc(F)c2c1CN(C(=O)CC(C)c1ccccc1)CC2. The van der Waals surface area contributed by atoms with Crippen molar-refractivity contribution < 1.29 is 23.8 Å². The molecule has 1 atom stereocenters. The molecule has 0 saturated carbocycles. The molecule has 188 valence electrons. The molecule has 1 amide bonds. The van der Waals surface area contributed by atoms with E-state index in [-0.39, 0.29) is 30.2 Å². The molecule has 0 spiro atoms. The molecular weight excluding hydrogens is 457 g/mol. The Kier molecular flexibility index (Phi) is 7.73. The highest BCUT2D eigenvalue weighted by Crippen LogP contribution is 2.38. The van der Waals surface area contributed by atoms with Crippen LogP contribution in [0.5, 0.6) is 5.75 Å². The summed E-state index contributed by atoms with van der Waals surface area (Å²) >= 11 is 0. The van der Waals surface area contributed by atoms with Gasteiger partial charge in [-0.15, -0.1) is 0 Å². The Morgan fingerprint density at radius 2 is 1.72 bits per heavy atom. The number of halogens is 1. The molecule has 0 radical (unpaired) electrons. The molecule has 1 aliphatic heterocycles. The minimum Gasteiger partial charge on any atom is -0.490 e. The van der Waals surface area contributed by atoms with Crippen LogP contribution in [0.2, 0.25) is 0 Å². The van der Waals surface area contributed by atoms with Gasteiger partial charge >= 0.3 is 5.97 Å². The number of carboxylic acid groups (broad SMARTS) is 1. The Hall–Kier alpha value is -3.67.